The number of hydrogen-bond acceptors (Lipinski definition) is 3. The van der Waals surface area contributed by atoms with E-state index in [0.29, 0.717) is 19.1 Å². The van der Waals surface area contributed by atoms with E-state index < -0.39 is 0 Å². The highest BCUT2D eigenvalue weighted by Crippen LogP contribution is 2.21. The Balaban J connectivity index is 1.66. The van der Waals surface area contributed by atoms with E-state index in [1.807, 2.05) is 24.3 Å². The van der Waals surface area contributed by atoms with Gasteiger partial charge < -0.3 is 10.1 Å². The predicted molar refractivity (Wildman–Crippen MR) is 89.2 cm³/mol. The van der Waals surface area contributed by atoms with Crippen molar-refractivity contribution in [3.8, 4) is 5.75 Å². The van der Waals surface area contributed by atoms with Crippen LogP contribution in [0.4, 0.5) is 0 Å². The molecule has 1 aromatic carbocycles. The summed E-state index contributed by atoms with van der Waals surface area (Å²) in [6.07, 6.45) is 7.26. The molecule has 4 heteroatoms. The van der Waals surface area contributed by atoms with E-state index in [1.165, 1.54) is 37.7 Å². The lowest BCUT2D eigenvalue weighted by Gasteiger charge is -2.30. The average molecular weight is 304 g/mol. The van der Waals surface area contributed by atoms with Crippen molar-refractivity contribution in [1.82, 2.24) is 10.2 Å². The summed E-state index contributed by atoms with van der Waals surface area (Å²) in [7, 11) is 3.73. The smallest absolute Gasteiger partial charge is 0.234 e. The number of rotatable bonds is 7. The number of amides is 1. The fraction of sp³-hybridized carbons (Fsp3) is 0.611. The van der Waals surface area contributed by atoms with Gasteiger partial charge in [0.2, 0.25) is 5.91 Å². The summed E-state index contributed by atoms with van der Waals surface area (Å²) in [5.41, 5.74) is 1.21. The van der Waals surface area contributed by atoms with Crippen molar-refractivity contribution < 1.29 is 9.53 Å². The molecule has 1 aliphatic rings. The molecule has 1 aromatic rings. The lowest BCUT2D eigenvalue weighted by atomic mass is 9.94. The Labute approximate surface area is 133 Å². The highest BCUT2D eigenvalue weighted by Gasteiger charge is 2.19. The number of ether oxygens (including phenoxy) is 1. The molecule has 122 valence electrons. The zero-order chi connectivity index (χ0) is 15.8. The number of hydrogen-bond donors (Lipinski definition) is 1. The van der Waals surface area contributed by atoms with Gasteiger partial charge in [-0.05, 0) is 44.0 Å². The average Bonchev–Trinajstić information content (AvgIpc) is 2.56. The van der Waals surface area contributed by atoms with Crippen molar-refractivity contribution >= 4 is 5.91 Å². The van der Waals surface area contributed by atoms with Crippen LogP contribution < -0.4 is 10.1 Å². The number of nitrogens with one attached hydrogen (secondary N) is 1. The van der Waals surface area contributed by atoms with Gasteiger partial charge in [0.15, 0.2) is 0 Å². The largest absolute Gasteiger partial charge is 0.497 e. The van der Waals surface area contributed by atoms with Crippen LogP contribution in [-0.2, 0) is 11.2 Å². The summed E-state index contributed by atoms with van der Waals surface area (Å²) >= 11 is 0. The topological polar surface area (TPSA) is 41.6 Å². The zero-order valence-electron chi connectivity index (χ0n) is 13.8. The van der Waals surface area contributed by atoms with Gasteiger partial charge in [-0.3, -0.25) is 9.69 Å². The number of methoxy groups -OCH3 is 1. The minimum Gasteiger partial charge on any atom is -0.497 e. The van der Waals surface area contributed by atoms with Crippen LogP contribution in [0.2, 0.25) is 0 Å². The standard InChI is InChI=1S/C18H28N2O2/c1-20(16-6-4-3-5-7-16)14-18(21)19-13-12-15-8-10-17(22-2)11-9-15/h8-11,16H,3-7,12-14H2,1-2H3,(H,19,21). The first kappa shape index (κ1) is 16.8. The second-order valence-corrected chi connectivity index (χ2v) is 6.15. The maximum Gasteiger partial charge on any atom is 0.234 e. The number of likely N-dealkylation sites (N-methyl/N-ethyl adjacent to an activating group) is 1. The SMILES string of the molecule is COc1ccc(CCNC(=O)CN(C)C2CCCCC2)cc1. The molecule has 0 spiro atoms. The molecule has 1 N–H and O–H groups in total. The lowest BCUT2D eigenvalue weighted by Crippen LogP contribution is -2.41. The van der Waals surface area contributed by atoms with Gasteiger partial charge in [0.25, 0.3) is 0 Å². The van der Waals surface area contributed by atoms with Crippen LogP contribution in [0, 0.1) is 0 Å². The molecule has 0 heterocycles. The van der Waals surface area contributed by atoms with Crippen LogP contribution in [0.5, 0.6) is 5.75 Å². The Morgan fingerprint density at radius 2 is 1.91 bits per heavy atom. The molecule has 1 fully saturated rings. The molecular formula is C18H28N2O2. The fourth-order valence-electron chi connectivity index (χ4n) is 3.07. The molecule has 0 aliphatic heterocycles. The third-order valence-corrected chi connectivity index (χ3v) is 4.49. The first-order valence-corrected chi connectivity index (χ1v) is 8.29. The molecule has 0 saturated heterocycles. The number of nitrogens with zero attached hydrogens (tertiary/aromatic N) is 1. The maximum atomic E-state index is 12.0. The summed E-state index contributed by atoms with van der Waals surface area (Å²) in [4.78, 5) is 14.2. The monoisotopic (exact) mass is 304 g/mol. The molecule has 1 amide bonds. The maximum absolute atomic E-state index is 12.0. The van der Waals surface area contributed by atoms with E-state index in [4.69, 9.17) is 4.74 Å². The first-order chi connectivity index (χ1) is 10.7. The molecule has 2 rings (SSSR count). The molecule has 0 radical (unpaired) electrons. The quantitative estimate of drug-likeness (QED) is 0.842. The molecule has 1 saturated carbocycles. The number of carbonyl (C=O) groups excluding carboxylic acids is 1. The van der Waals surface area contributed by atoms with Crippen LogP contribution in [-0.4, -0.2) is 44.1 Å². The summed E-state index contributed by atoms with van der Waals surface area (Å²) in [5.74, 6) is 0.989. The van der Waals surface area contributed by atoms with E-state index in [-0.39, 0.29) is 5.91 Å². The predicted octanol–water partition coefficient (Wildman–Crippen LogP) is 2.62. The zero-order valence-corrected chi connectivity index (χ0v) is 13.8. The van der Waals surface area contributed by atoms with Gasteiger partial charge in [0, 0.05) is 12.6 Å². The molecule has 0 unspecified atom stereocenters. The van der Waals surface area contributed by atoms with E-state index in [9.17, 15) is 4.79 Å². The molecule has 4 nitrogen and oxygen atoms in total. The Hall–Kier alpha value is -1.55. The summed E-state index contributed by atoms with van der Waals surface area (Å²) in [6, 6.07) is 8.57. The second-order valence-electron chi connectivity index (χ2n) is 6.15. The lowest BCUT2D eigenvalue weighted by molar-refractivity contribution is -0.122. The second kappa shape index (κ2) is 8.79. The van der Waals surface area contributed by atoms with E-state index >= 15 is 0 Å². The summed E-state index contributed by atoms with van der Waals surface area (Å²) in [5, 5.41) is 3.02. The highest BCUT2D eigenvalue weighted by molar-refractivity contribution is 5.78. The van der Waals surface area contributed by atoms with Crippen molar-refractivity contribution in [2.24, 2.45) is 0 Å². The minimum atomic E-state index is 0.126. The van der Waals surface area contributed by atoms with Crippen molar-refractivity contribution in [1.29, 1.82) is 0 Å². The van der Waals surface area contributed by atoms with E-state index in [2.05, 4.69) is 17.3 Å². The highest BCUT2D eigenvalue weighted by atomic mass is 16.5. The summed E-state index contributed by atoms with van der Waals surface area (Å²) in [6.45, 7) is 1.19. The van der Waals surface area contributed by atoms with Gasteiger partial charge in [-0.2, -0.15) is 0 Å². The van der Waals surface area contributed by atoms with Gasteiger partial charge in [-0.1, -0.05) is 31.4 Å². The molecule has 1 aliphatic carbocycles. The van der Waals surface area contributed by atoms with Crippen molar-refractivity contribution in [2.45, 2.75) is 44.6 Å². The van der Waals surface area contributed by atoms with Crippen LogP contribution in [0.15, 0.2) is 24.3 Å². The third-order valence-electron chi connectivity index (χ3n) is 4.49. The van der Waals surface area contributed by atoms with E-state index in [1.54, 1.807) is 7.11 Å². The normalized spacial score (nSPS) is 15.8. The third kappa shape index (κ3) is 5.34. The Kier molecular flexibility index (Phi) is 6.72. The van der Waals surface area contributed by atoms with Crippen molar-refractivity contribution in [2.75, 3.05) is 27.2 Å². The molecule has 0 aromatic heterocycles. The van der Waals surface area contributed by atoms with Gasteiger partial charge >= 0.3 is 0 Å². The summed E-state index contributed by atoms with van der Waals surface area (Å²) < 4.78 is 5.14. The van der Waals surface area contributed by atoms with Gasteiger partial charge in [-0.15, -0.1) is 0 Å². The van der Waals surface area contributed by atoms with Crippen molar-refractivity contribution in [3.05, 3.63) is 29.8 Å². The van der Waals surface area contributed by atoms with Gasteiger partial charge in [-0.25, -0.2) is 0 Å². The van der Waals surface area contributed by atoms with Crippen LogP contribution in [0.25, 0.3) is 0 Å². The minimum absolute atomic E-state index is 0.126. The Morgan fingerprint density at radius 3 is 2.55 bits per heavy atom. The van der Waals surface area contributed by atoms with Crippen molar-refractivity contribution in [3.63, 3.8) is 0 Å². The van der Waals surface area contributed by atoms with Crippen LogP contribution >= 0.6 is 0 Å². The van der Waals surface area contributed by atoms with Gasteiger partial charge in [0.05, 0.1) is 13.7 Å². The van der Waals surface area contributed by atoms with E-state index in [0.717, 1.165) is 12.2 Å². The number of benzene rings is 1. The van der Waals surface area contributed by atoms with Gasteiger partial charge in [0.1, 0.15) is 5.75 Å². The fourth-order valence-corrected chi connectivity index (χ4v) is 3.07. The number of carbonyl (C=O) groups is 1. The Bertz CT molecular complexity index is 453. The molecule has 22 heavy (non-hydrogen) atoms. The molecular weight excluding hydrogens is 276 g/mol. The van der Waals surface area contributed by atoms with Crippen LogP contribution in [0.1, 0.15) is 37.7 Å². The molecule has 0 atom stereocenters. The molecule has 0 bridgehead atoms. The Morgan fingerprint density at radius 1 is 1.23 bits per heavy atom. The first-order valence-electron chi connectivity index (χ1n) is 8.29. The van der Waals surface area contributed by atoms with Crippen LogP contribution in [0.3, 0.4) is 0 Å².